The smallest absolute Gasteiger partial charge is 0.147 e. The quantitative estimate of drug-likeness (QED) is 0.747. The lowest BCUT2D eigenvalue weighted by molar-refractivity contribution is -0.207. The zero-order chi connectivity index (χ0) is 14.7. The van der Waals surface area contributed by atoms with Gasteiger partial charge in [-0.1, -0.05) is 24.4 Å². The van der Waals surface area contributed by atoms with Crippen LogP contribution in [0.2, 0.25) is 5.02 Å². The molecule has 3 nitrogen and oxygen atoms in total. The van der Waals surface area contributed by atoms with Crippen molar-refractivity contribution in [3.05, 3.63) is 21.1 Å². The molecule has 0 N–H and O–H groups in total. The Kier molecular flexibility index (Phi) is 5.74. The molecule has 6 heteroatoms. The van der Waals surface area contributed by atoms with Crippen LogP contribution in [0.4, 0.5) is 0 Å². The van der Waals surface area contributed by atoms with Crippen LogP contribution < -0.4 is 14.6 Å². The monoisotopic (exact) mass is 377 g/mol. The van der Waals surface area contributed by atoms with Gasteiger partial charge in [0, 0.05) is 0 Å². The summed E-state index contributed by atoms with van der Waals surface area (Å²) in [4.78, 5) is 0. The summed E-state index contributed by atoms with van der Waals surface area (Å²) in [5.41, 5.74) is 0.881. The summed E-state index contributed by atoms with van der Waals surface area (Å²) in [6.45, 7) is 0. The molecule has 0 unspecified atom stereocenters. The number of hydrogen-bond acceptors (Lipinski definition) is 3. The molecule has 1 fully saturated rings. The molecule has 110 valence electrons. The zero-order valence-electron chi connectivity index (χ0n) is 11.4. The van der Waals surface area contributed by atoms with Crippen molar-refractivity contribution in [2.24, 2.45) is 0 Å². The summed E-state index contributed by atoms with van der Waals surface area (Å²) in [5.74, 6) is 0.879. The highest BCUT2D eigenvalue weighted by Crippen LogP contribution is 2.42. The summed E-state index contributed by atoms with van der Waals surface area (Å²) in [5, 5.41) is 13.0. The Morgan fingerprint density at radius 3 is 2.45 bits per heavy atom. The van der Waals surface area contributed by atoms with E-state index in [1.807, 2.05) is 0 Å². The molecule has 0 aliphatic heterocycles. The first-order valence-corrected chi connectivity index (χ1v) is 8.57. The molecule has 20 heavy (non-hydrogen) atoms. The molecule has 0 heterocycles. The molecule has 0 aromatic heterocycles. The van der Waals surface area contributed by atoms with Crippen molar-refractivity contribution in [2.75, 3.05) is 14.2 Å². The molecule has 1 aromatic rings. The van der Waals surface area contributed by atoms with Crippen molar-refractivity contribution in [1.29, 1.82) is 0 Å². The van der Waals surface area contributed by atoms with Crippen LogP contribution in [-0.2, 0) is 0 Å². The zero-order valence-corrected chi connectivity index (χ0v) is 14.6. The third kappa shape index (κ3) is 3.30. The maximum absolute atomic E-state index is 12.6. The van der Waals surface area contributed by atoms with Crippen LogP contribution in [-0.4, -0.2) is 25.4 Å². The number of ether oxygens (including phenoxy) is 2. The van der Waals surface area contributed by atoms with E-state index in [-0.39, 0.29) is 5.48 Å². The Balaban J connectivity index is 2.52. The molecule has 0 atom stereocenters. The fraction of sp³-hybridized carbons (Fsp3) is 0.500. The van der Waals surface area contributed by atoms with E-state index >= 15 is 0 Å². The second kappa shape index (κ2) is 7.13. The van der Waals surface area contributed by atoms with E-state index in [2.05, 4.69) is 15.9 Å². The fourth-order valence-electron chi connectivity index (χ4n) is 2.44. The average molecular weight is 379 g/mol. The van der Waals surface area contributed by atoms with E-state index < -0.39 is 0 Å². The topological polar surface area (TPSA) is 41.5 Å². The third-order valence-electron chi connectivity index (χ3n) is 3.39. The van der Waals surface area contributed by atoms with Crippen molar-refractivity contribution in [3.63, 3.8) is 0 Å². The molecule has 0 amide bonds. The van der Waals surface area contributed by atoms with Gasteiger partial charge in [0.05, 0.1) is 29.3 Å². The van der Waals surface area contributed by atoms with Crippen LogP contribution >= 0.6 is 35.7 Å². The van der Waals surface area contributed by atoms with Crippen LogP contribution in [0.3, 0.4) is 0 Å². The SMILES string of the molecule is COc1c(Cl)cc(Br)c(OC)c1C([O-])=PC1CCCC1. The molecule has 1 saturated carbocycles. The van der Waals surface area contributed by atoms with Crippen molar-refractivity contribution >= 4 is 41.2 Å². The highest BCUT2D eigenvalue weighted by atomic mass is 79.9. The second-order valence-corrected chi connectivity index (χ2v) is 7.31. The lowest BCUT2D eigenvalue weighted by Gasteiger charge is -2.22. The summed E-state index contributed by atoms with van der Waals surface area (Å²) in [6.07, 6.45) is 4.64. The van der Waals surface area contributed by atoms with Crippen LogP contribution in [0.1, 0.15) is 31.2 Å². The van der Waals surface area contributed by atoms with E-state index in [4.69, 9.17) is 21.1 Å². The molecule has 1 aliphatic carbocycles. The van der Waals surface area contributed by atoms with Crippen molar-refractivity contribution in [1.82, 2.24) is 0 Å². The van der Waals surface area contributed by atoms with Gasteiger partial charge >= 0.3 is 0 Å². The molecule has 0 spiro atoms. The average Bonchev–Trinajstić information content (AvgIpc) is 2.90. The van der Waals surface area contributed by atoms with Gasteiger partial charge in [-0.2, -0.15) is 0 Å². The molecule has 0 bridgehead atoms. The summed E-state index contributed by atoms with van der Waals surface area (Å²) < 4.78 is 11.3. The van der Waals surface area contributed by atoms with Crippen LogP contribution in [0.15, 0.2) is 10.5 Å². The number of methoxy groups -OCH3 is 2. The van der Waals surface area contributed by atoms with Crippen molar-refractivity contribution in [3.8, 4) is 11.5 Å². The normalized spacial score (nSPS) is 16.6. The van der Waals surface area contributed by atoms with Crippen LogP contribution in [0, 0.1) is 0 Å². The Morgan fingerprint density at radius 1 is 1.30 bits per heavy atom. The maximum atomic E-state index is 12.6. The molecule has 1 aromatic carbocycles. The summed E-state index contributed by atoms with van der Waals surface area (Å²) >= 11 is 9.54. The highest BCUT2D eigenvalue weighted by molar-refractivity contribution is 9.10. The highest BCUT2D eigenvalue weighted by Gasteiger charge is 2.19. The fourth-order valence-corrected chi connectivity index (χ4v) is 4.73. The van der Waals surface area contributed by atoms with Crippen molar-refractivity contribution < 1.29 is 14.6 Å². The van der Waals surface area contributed by atoms with E-state index in [0.717, 1.165) is 21.0 Å². The van der Waals surface area contributed by atoms with Gasteiger partial charge < -0.3 is 14.6 Å². The number of hydrogen-bond donors (Lipinski definition) is 0. The summed E-state index contributed by atoms with van der Waals surface area (Å²) in [6, 6.07) is 1.68. The minimum absolute atomic E-state index is 0.00815. The number of benzene rings is 1. The van der Waals surface area contributed by atoms with E-state index in [1.54, 1.807) is 6.07 Å². The number of rotatable bonds is 4. The van der Waals surface area contributed by atoms with Gasteiger partial charge in [0.1, 0.15) is 11.5 Å². The molecular weight excluding hydrogens is 362 g/mol. The summed E-state index contributed by atoms with van der Waals surface area (Å²) in [7, 11) is 3.85. The lowest BCUT2D eigenvalue weighted by Crippen LogP contribution is -2.20. The first kappa shape index (κ1) is 16.1. The predicted molar refractivity (Wildman–Crippen MR) is 85.5 cm³/mol. The van der Waals surface area contributed by atoms with Gasteiger partial charge in [0.25, 0.3) is 0 Å². The Labute approximate surface area is 134 Å². The van der Waals surface area contributed by atoms with Crippen LogP contribution in [0.25, 0.3) is 0 Å². The van der Waals surface area contributed by atoms with Gasteiger partial charge in [0.15, 0.2) is 0 Å². The van der Waals surface area contributed by atoms with Gasteiger partial charge in [-0.3, -0.25) is 0 Å². The molecular formula is C14H16BrClO3P-. The van der Waals surface area contributed by atoms with Gasteiger partial charge in [-0.05, 0) is 40.5 Å². The molecule has 0 radical (unpaired) electrons. The molecule has 1 aliphatic rings. The second-order valence-electron chi connectivity index (χ2n) is 4.65. The van der Waals surface area contributed by atoms with Gasteiger partial charge in [-0.25, -0.2) is 0 Å². The Bertz CT molecular complexity index is 499. The third-order valence-corrected chi connectivity index (χ3v) is 5.60. The maximum Gasteiger partial charge on any atom is 0.147 e. The molecule has 2 rings (SSSR count). The lowest BCUT2D eigenvalue weighted by atomic mass is 10.2. The Morgan fingerprint density at radius 2 is 1.90 bits per heavy atom. The first-order chi connectivity index (χ1) is 9.58. The van der Waals surface area contributed by atoms with Crippen LogP contribution in [0.5, 0.6) is 11.5 Å². The van der Waals surface area contributed by atoms with Crippen molar-refractivity contribution in [2.45, 2.75) is 31.3 Å². The van der Waals surface area contributed by atoms with E-state index in [0.29, 0.717) is 32.2 Å². The van der Waals surface area contributed by atoms with Gasteiger partial charge in [0.2, 0.25) is 0 Å². The minimum Gasteiger partial charge on any atom is -0.823 e. The standard InChI is InChI=1S/C14H17BrClO3P/c1-18-12-9(15)7-10(16)13(19-2)11(12)14(17)20-8-5-3-4-6-8/h7-8,17H,3-6H2,1-2H3/p-1. The predicted octanol–water partition coefficient (Wildman–Crippen LogP) is 3.85. The largest absolute Gasteiger partial charge is 0.823 e. The minimum atomic E-state index is 0.00815. The van der Waals surface area contributed by atoms with Gasteiger partial charge in [-0.15, -0.1) is 13.7 Å². The van der Waals surface area contributed by atoms with E-state index in [9.17, 15) is 5.11 Å². The first-order valence-electron chi connectivity index (χ1n) is 6.43. The Hall–Kier alpha value is -0.280. The number of halogens is 2. The van der Waals surface area contributed by atoms with E-state index in [1.165, 1.54) is 27.1 Å². The molecule has 0 saturated heterocycles.